The Morgan fingerprint density at radius 2 is 2.00 bits per heavy atom. The van der Waals surface area contributed by atoms with Crippen molar-refractivity contribution < 1.29 is 4.74 Å². The largest absolute Gasteiger partial charge is 0.494 e. The third kappa shape index (κ3) is 3.52. The second kappa shape index (κ2) is 7.18. The summed E-state index contributed by atoms with van der Waals surface area (Å²) in [5.41, 5.74) is 1.83. The highest BCUT2D eigenvalue weighted by atomic mass is 16.5. The van der Waals surface area contributed by atoms with Crippen molar-refractivity contribution in [1.29, 1.82) is 5.26 Å². The van der Waals surface area contributed by atoms with Crippen LogP contribution in [-0.4, -0.2) is 26.6 Å². The average Bonchev–Trinajstić information content (AvgIpc) is 3.03. The van der Waals surface area contributed by atoms with E-state index in [-0.39, 0.29) is 0 Å². The van der Waals surface area contributed by atoms with Gasteiger partial charge >= 0.3 is 0 Å². The molecule has 23 heavy (non-hydrogen) atoms. The molecular formula is C17H15N5O. The van der Waals surface area contributed by atoms with Crippen LogP contribution in [0.15, 0.2) is 54.9 Å². The number of para-hydroxylation sites is 1. The molecule has 0 fully saturated rings. The molecule has 0 bridgehead atoms. The van der Waals surface area contributed by atoms with Crippen molar-refractivity contribution in [3.05, 3.63) is 60.6 Å². The van der Waals surface area contributed by atoms with Crippen molar-refractivity contribution in [2.45, 2.75) is 13.0 Å². The minimum atomic E-state index is 0.307. The highest BCUT2D eigenvalue weighted by Gasteiger charge is 2.14. The SMILES string of the molecule is N#Cc1nnn(CCCOc2ccccc2)c1-c1cccnc1. The molecule has 0 aliphatic rings. The predicted molar refractivity (Wildman–Crippen MR) is 84.5 cm³/mol. The van der Waals surface area contributed by atoms with Gasteiger partial charge in [0.05, 0.1) is 6.61 Å². The van der Waals surface area contributed by atoms with Gasteiger partial charge in [0.25, 0.3) is 0 Å². The number of nitrogens with zero attached hydrogens (tertiary/aromatic N) is 5. The van der Waals surface area contributed by atoms with Crippen molar-refractivity contribution >= 4 is 0 Å². The van der Waals surface area contributed by atoms with Gasteiger partial charge in [-0.3, -0.25) is 4.98 Å². The summed E-state index contributed by atoms with van der Waals surface area (Å²) in [6.07, 6.45) is 4.16. The zero-order chi connectivity index (χ0) is 15.9. The fraction of sp³-hybridized carbons (Fsp3) is 0.176. The maximum Gasteiger partial charge on any atom is 0.190 e. The Hall–Kier alpha value is -3.20. The molecule has 6 nitrogen and oxygen atoms in total. The van der Waals surface area contributed by atoms with Gasteiger partial charge in [0.2, 0.25) is 0 Å². The molecule has 114 valence electrons. The van der Waals surface area contributed by atoms with Gasteiger partial charge in [-0.2, -0.15) is 5.26 Å². The molecule has 1 aromatic carbocycles. The van der Waals surface area contributed by atoms with Crippen molar-refractivity contribution in [2.24, 2.45) is 0 Å². The Morgan fingerprint density at radius 3 is 2.74 bits per heavy atom. The van der Waals surface area contributed by atoms with Gasteiger partial charge < -0.3 is 4.74 Å². The third-order valence-corrected chi connectivity index (χ3v) is 3.30. The van der Waals surface area contributed by atoms with Crippen LogP contribution in [0.5, 0.6) is 5.75 Å². The van der Waals surface area contributed by atoms with Gasteiger partial charge in [0.15, 0.2) is 5.69 Å². The first kappa shape index (κ1) is 14.7. The molecule has 0 radical (unpaired) electrons. The summed E-state index contributed by atoms with van der Waals surface area (Å²) < 4.78 is 7.39. The van der Waals surface area contributed by atoms with E-state index in [1.165, 1.54) is 0 Å². The Bertz CT molecular complexity index is 793. The van der Waals surface area contributed by atoms with Crippen LogP contribution >= 0.6 is 0 Å². The van der Waals surface area contributed by atoms with Gasteiger partial charge in [0, 0.05) is 30.9 Å². The summed E-state index contributed by atoms with van der Waals surface area (Å²) in [4.78, 5) is 4.09. The number of aromatic nitrogens is 4. The number of rotatable bonds is 6. The summed E-state index contributed by atoms with van der Waals surface area (Å²) >= 11 is 0. The molecule has 3 aromatic rings. The van der Waals surface area contributed by atoms with E-state index in [2.05, 4.69) is 21.4 Å². The molecule has 6 heteroatoms. The molecular weight excluding hydrogens is 290 g/mol. The maximum atomic E-state index is 9.20. The molecule has 0 amide bonds. The van der Waals surface area contributed by atoms with Gasteiger partial charge in [-0.25, -0.2) is 4.68 Å². The fourth-order valence-electron chi connectivity index (χ4n) is 2.25. The lowest BCUT2D eigenvalue weighted by molar-refractivity contribution is 0.298. The standard InChI is InChI=1S/C17H15N5O/c18-12-16-17(14-6-4-9-19-13-14)22(21-20-16)10-5-11-23-15-7-2-1-3-8-15/h1-4,6-9,13H,5,10-11H2. The Kier molecular flexibility index (Phi) is 4.60. The van der Waals surface area contributed by atoms with Crippen LogP contribution in [0, 0.1) is 11.3 Å². The van der Waals surface area contributed by atoms with Gasteiger partial charge in [-0.1, -0.05) is 23.4 Å². The Labute approximate surface area is 134 Å². The molecule has 0 saturated heterocycles. The maximum absolute atomic E-state index is 9.20. The highest BCUT2D eigenvalue weighted by Crippen LogP contribution is 2.21. The first-order chi connectivity index (χ1) is 11.4. The normalized spacial score (nSPS) is 10.2. The van der Waals surface area contributed by atoms with E-state index in [0.29, 0.717) is 24.5 Å². The molecule has 0 atom stereocenters. The molecule has 0 aliphatic heterocycles. The van der Waals surface area contributed by atoms with Crippen LogP contribution in [0.4, 0.5) is 0 Å². The lowest BCUT2D eigenvalue weighted by atomic mass is 10.1. The van der Waals surface area contributed by atoms with Crippen molar-refractivity contribution in [2.75, 3.05) is 6.61 Å². The third-order valence-electron chi connectivity index (χ3n) is 3.30. The summed E-state index contributed by atoms with van der Waals surface area (Å²) in [6.45, 7) is 1.18. The molecule has 0 aliphatic carbocycles. The molecule has 0 unspecified atom stereocenters. The van der Waals surface area contributed by atoms with E-state index in [9.17, 15) is 5.26 Å². The van der Waals surface area contributed by atoms with Gasteiger partial charge in [-0.05, 0) is 24.3 Å². The van der Waals surface area contributed by atoms with Crippen LogP contribution in [0.3, 0.4) is 0 Å². The lowest BCUT2D eigenvalue weighted by Crippen LogP contribution is -2.07. The van der Waals surface area contributed by atoms with E-state index in [0.717, 1.165) is 17.7 Å². The molecule has 2 aromatic heterocycles. The Balaban J connectivity index is 1.67. The Morgan fingerprint density at radius 1 is 1.13 bits per heavy atom. The van der Waals surface area contributed by atoms with E-state index >= 15 is 0 Å². The van der Waals surface area contributed by atoms with Crippen molar-refractivity contribution in [1.82, 2.24) is 20.0 Å². The zero-order valence-corrected chi connectivity index (χ0v) is 12.5. The summed E-state index contributed by atoms with van der Waals surface area (Å²) in [7, 11) is 0. The van der Waals surface area contributed by atoms with E-state index in [1.807, 2.05) is 42.5 Å². The van der Waals surface area contributed by atoms with Crippen LogP contribution in [0.25, 0.3) is 11.3 Å². The van der Waals surface area contributed by atoms with E-state index < -0.39 is 0 Å². The first-order valence-corrected chi connectivity index (χ1v) is 7.30. The zero-order valence-electron chi connectivity index (χ0n) is 12.5. The minimum absolute atomic E-state index is 0.307. The first-order valence-electron chi connectivity index (χ1n) is 7.30. The molecule has 0 spiro atoms. The molecule has 0 N–H and O–H groups in total. The lowest BCUT2D eigenvalue weighted by Gasteiger charge is -2.08. The second-order valence-corrected chi connectivity index (χ2v) is 4.88. The monoisotopic (exact) mass is 305 g/mol. The van der Waals surface area contributed by atoms with Crippen LogP contribution in [-0.2, 0) is 6.54 Å². The van der Waals surface area contributed by atoms with Crippen LogP contribution in [0.2, 0.25) is 0 Å². The number of pyridine rings is 1. The van der Waals surface area contributed by atoms with Crippen LogP contribution < -0.4 is 4.74 Å². The van der Waals surface area contributed by atoms with Crippen molar-refractivity contribution in [3.8, 4) is 23.1 Å². The smallest absolute Gasteiger partial charge is 0.190 e. The molecule has 0 saturated carbocycles. The van der Waals surface area contributed by atoms with E-state index in [1.54, 1.807) is 17.1 Å². The summed E-state index contributed by atoms with van der Waals surface area (Å²) in [5.74, 6) is 0.844. The molecule has 3 rings (SSSR count). The van der Waals surface area contributed by atoms with E-state index in [4.69, 9.17) is 4.74 Å². The summed E-state index contributed by atoms with van der Waals surface area (Å²) in [6, 6.07) is 15.5. The fourth-order valence-corrected chi connectivity index (χ4v) is 2.25. The molecule has 2 heterocycles. The number of aryl methyl sites for hydroxylation is 1. The summed E-state index contributed by atoms with van der Waals surface area (Å²) in [5, 5.41) is 17.2. The topological polar surface area (TPSA) is 76.6 Å². The minimum Gasteiger partial charge on any atom is -0.494 e. The number of hydrogen-bond donors (Lipinski definition) is 0. The van der Waals surface area contributed by atoms with Crippen LogP contribution in [0.1, 0.15) is 12.1 Å². The second-order valence-electron chi connectivity index (χ2n) is 4.88. The number of nitriles is 1. The number of benzene rings is 1. The quantitative estimate of drug-likeness (QED) is 0.654. The number of ether oxygens (including phenoxy) is 1. The average molecular weight is 305 g/mol. The predicted octanol–water partition coefficient (Wildman–Crippen LogP) is 2.68. The van der Waals surface area contributed by atoms with Crippen molar-refractivity contribution in [3.63, 3.8) is 0 Å². The number of hydrogen-bond acceptors (Lipinski definition) is 5. The van der Waals surface area contributed by atoms with Gasteiger partial charge in [-0.15, -0.1) is 5.10 Å². The van der Waals surface area contributed by atoms with Gasteiger partial charge in [0.1, 0.15) is 17.5 Å². The highest BCUT2D eigenvalue weighted by molar-refractivity contribution is 5.63.